The summed E-state index contributed by atoms with van der Waals surface area (Å²) in [5.74, 6) is 0. The second-order valence-electron chi connectivity index (χ2n) is 11.4. The molecule has 44 heavy (non-hydrogen) atoms. The highest BCUT2D eigenvalue weighted by molar-refractivity contribution is 7.25. The minimum atomic E-state index is 1.13. The maximum Gasteiger partial charge on any atom is 0.0468 e. The van der Waals surface area contributed by atoms with Gasteiger partial charge in [0.1, 0.15) is 0 Å². The largest absolute Gasteiger partial charge is 0.310 e. The molecular weight excluding hydrogens is 551 g/mol. The molecule has 9 rings (SSSR count). The Bertz CT molecular complexity index is 2510. The van der Waals surface area contributed by atoms with Gasteiger partial charge in [-0.25, -0.2) is 0 Å². The van der Waals surface area contributed by atoms with Crippen molar-refractivity contribution in [2.24, 2.45) is 0 Å². The first-order valence-corrected chi connectivity index (χ1v) is 15.8. The van der Waals surface area contributed by atoms with E-state index in [4.69, 9.17) is 0 Å². The molecule has 0 aliphatic rings. The third kappa shape index (κ3) is 4.15. The molecule has 206 valence electrons. The lowest BCUT2D eigenvalue weighted by Gasteiger charge is -2.27. The molecule has 0 N–H and O–H groups in total. The molecule has 0 atom stereocenters. The number of nitrogens with zero attached hydrogens (tertiary/aromatic N) is 1. The first kappa shape index (κ1) is 25.1. The fourth-order valence-electron chi connectivity index (χ4n) is 6.62. The Labute approximate surface area is 259 Å². The van der Waals surface area contributed by atoms with Gasteiger partial charge in [0.05, 0.1) is 0 Å². The Morgan fingerprint density at radius 3 is 1.89 bits per heavy atom. The van der Waals surface area contributed by atoms with Gasteiger partial charge in [-0.1, -0.05) is 109 Å². The summed E-state index contributed by atoms with van der Waals surface area (Å²) < 4.78 is 2.67. The summed E-state index contributed by atoms with van der Waals surface area (Å²) >= 11 is 1.88. The van der Waals surface area contributed by atoms with Gasteiger partial charge in [-0.15, -0.1) is 11.3 Å². The third-order valence-electron chi connectivity index (χ3n) is 8.78. The highest BCUT2D eigenvalue weighted by Gasteiger charge is 2.16. The molecule has 0 saturated carbocycles. The van der Waals surface area contributed by atoms with Crippen LogP contribution in [0.1, 0.15) is 0 Å². The zero-order valence-electron chi connectivity index (χ0n) is 23.9. The molecule has 0 aliphatic carbocycles. The van der Waals surface area contributed by atoms with Crippen LogP contribution in [0.5, 0.6) is 0 Å². The highest BCUT2D eigenvalue weighted by Crippen LogP contribution is 2.42. The predicted octanol–water partition coefficient (Wildman–Crippen LogP) is 12.7. The van der Waals surface area contributed by atoms with Crippen LogP contribution in [0.3, 0.4) is 0 Å². The fourth-order valence-corrected chi connectivity index (χ4v) is 7.75. The summed E-state index contributed by atoms with van der Waals surface area (Å²) in [7, 11) is 0. The van der Waals surface area contributed by atoms with E-state index in [2.05, 4.69) is 169 Å². The zero-order chi connectivity index (χ0) is 29.0. The van der Waals surface area contributed by atoms with Gasteiger partial charge >= 0.3 is 0 Å². The van der Waals surface area contributed by atoms with E-state index in [1.165, 1.54) is 63.6 Å². The normalized spacial score (nSPS) is 11.6. The molecule has 0 spiro atoms. The summed E-state index contributed by atoms with van der Waals surface area (Å²) in [6.07, 6.45) is 0. The number of rotatable bonds is 4. The second-order valence-corrected chi connectivity index (χ2v) is 12.5. The molecule has 0 unspecified atom stereocenters. The Hall–Kier alpha value is -5.44. The Kier molecular flexibility index (Phi) is 5.75. The van der Waals surface area contributed by atoms with E-state index >= 15 is 0 Å². The molecule has 9 aromatic rings. The third-order valence-corrected chi connectivity index (χ3v) is 9.91. The van der Waals surface area contributed by atoms with Crippen LogP contribution >= 0.6 is 11.3 Å². The maximum atomic E-state index is 2.41. The molecule has 0 amide bonds. The van der Waals surface area contributed by atoms with E-state index in [0.29, 0.717) is 0 Å². The molecule has 8 aromatic carbocycles. The van der Waals surface area contributed by atoms with E-state index in [9.17, 15) is 0 Å². The van der Waals surface area contributed by atoms with Gasteiger partial charge in [-0.05, 0) is 98.0 Å². The minimum Gasteiger partial charge on any atom is -0.310 e. The summed E-state index contributed by atoms with van der Waals surface area (Å²) in [6.45, 7) is 0. The van der Waals surface area contributed by atoms with Crippen molar-refractivity contribution in [3.8, 4) is 11.1 Å². The zero-order valence-corrected chi connectivity index (χ0v) is 24.8. The molecule has 2 heteroatoms. The van der Waals surface area contributed by atoms with Crippen LogP contribution < -0.4 is 4.90 Å². The van der Waals surface area contributed by atoms with E-state index < -0.39 is 0 Å². The van der Waals surface area contributed by atoms with Crippen molar-refractivity contribution >= 4 is 80.9 Å². The van der Waals surface area contributed by atoms with E-state index in [1.807, 2.05) is 11.3 Å². The molecular formula is C42H27NS. The van der Waals surface area contributed by atoms with Crippen LogP contribution in [0.4, 0.5) is 17.1 Å². The van der Waals surface area contributed by atoms with Crippen LogP contribution in [0.15, 0.2) is 164 Å². The van der Waals surface area contributed by atoms with Gasteiger partial charge in [-0.3, -0.25) is 0 Å². The minimum absolute atomic E-state index is 1.13. The molecule has 0 saturated heterocycles. The van der Waals surface area contributed by atoms with Gasteiger partial charge in [-0.2, -0.15) is 0 Å². The van der Waals surface area contributed by atoms with E-state index in [1.54, 1.807) is 0 Å². The molecule has 0 bridgehead atoms. The second kappa shape index (κ2) is 10.1. The molecule has 0 radical (unpaired) electrons. The monoisotopic (exact) mass is 577 g/mol. The van der Waals surface area contributed by atoms with Crippen LogP contribution in [0, 0.1) is 0 Å². The van der Waals surface area contributed by atoms with Crippen LogP contribution in [-0.2, 0) is 0 Å². The first-order valence-electron chi connectivity index (χ1n) is 15.0. The quantitative estimate of drug-likeness (QED) is 0.188. The average molecular weight is 578 g/mol. The number of benzene rings is 8. The van der Waals surface area contributed by atoms with Crippen molar-refractivity contribution in [2.45, 2.75) is 0 Å². The summed E-state index contributed by atoms with van der Waals surface area (Å²) in [6, 6.07) is 59.9. The van der Waals surface area contributed by atoms with Crippen LogP contribution in [0.2, 0.25) is 0 Å². The van der Waals surface area contributed by atoms with Gasteiger partial charge in [0, 0.05) is 37.2 Å². The van der Waals surface area contributed by atoms with Crippen molar-refractivity contribution in [3.63, 3.8) is 0 Å². The van der Waals surface area contributed by atoms with E-state index in [-0.39, 0.29) is 0 Å². The average Bonchev–Trinajstić information content (AvgIpc) is 3.45. The van der Waals surface area contributed by atoms with Crippen molar-refractivity contribution in [3.05, 3.63) is 164 Å². The van der Waals surface area contributed by atoms with Crippen molar-refractivity contribution < 1.29 is 0 Å². The first-order chi connectivity index (χ1) is 21.8. The lowest BCUT2D eigenvalue weighted by Crippen LogP contribution is -2.10. The lowest BCUT2D eigenvalue weighted by atomic mass is 9.98. The van der Waals surface area contributed by atoms with Crippen molar-refractivity contribution in [1.82, 2.24) is 0 Å². The molecule has 1 heterocycles. The highest BCUT2D eigenvalue weighted by atomic mass is 32.1. The maximum absolute atomic E-state index is 2.41. The van der Waals surface area contributed by atoms with Gasteiger partial charge in [0.2, 0.25) is 0 Å². The molecule has 1 nitrogen and oxygen atoms in total. The predicted molar refractivity (Wildman–Crippen MR) is 192 cm³/mol. The number of hydrogen-bond acceptors (Lipinski definition) is 2. The number of fused-ring (bicyclic) bond motifs is 7. The smallest absolute Gasteiger partial charge is 0.0468 e. The lowest BCUT2D eigenvalue weighted by molar-refractivity contribution is 1.29. The number of hydrogen-bond donors (Lipinski definition) is 0. The summed E-state index contributed by atoms with van der Waals surface area (Å²) in [5.41, 5.74) is 5.82. The van der Waals surface area contributed by atoms with Gasteiger partial charge in [0.15, 0.2) is 0 Å². The summed E-state index contributed by atoms with van der Waals surface area (Å²) in [5, 5.41) is 10.2. The van der Waals surface area contributed by atoms with Gasteiger partial charge in [0.25, 0.3) is 0 Å². The Morgan fingerprint density at radius 2 is 0.977 bits per heavy atom. The molecule has 0 fully saturated rings. The van der Waals surface area contributed by atoms with Crippen LogP contribution in [-0.4, -0.2) is 0 Å². The SMILES string of the molecule is c1ccc(-c2cccc(N(c3ccc4ccccc4c3)c3ccc4ccc5cc6sc7ccccc7c6cc5c4c3)c2)cc1. The molecule has 0 aliphatic heterocycles. The van der Waals surface area contributed by atoms with Gasteiger partial charge < -0.3 is 4.90 Å². The van der Waals surface area contributed by atoms with E-state index in [0.717, 1.165) is 17.1 Å². The van der Waals surface area contributed by atoms with Crippen molar-refractivity contribution in [2.75, 3.05) is 4.90 Å². The topological polar surface area (TPSA) is 3.24 Å². The Morgan fingerprint density at radius 1 is 0.318 bits per heavy atom. The fraction of sp³-hybridized carbons (Fsp3) is 0. The van der Waals surface area contributed by atoms with Crippen molar-refractivity contribution in [1.29, 1.82) is 0 Å². The number of thiophene rings is 1. The Balaban J connectivity index is 1.29. The number of anilines is 3. The van der Waals surface area contributed by atoms with Crippen LogP contribution in [0.25, 0.3) is 63.6 Å². The molecule has 1 aromatic heterocycles. The summed E-state index contributed by atoms with van der Waals surface area (Å²) in [4.78, 5) is 2.40. The standard InChI is InChI=1S/C42H27NS/c1-2-9-28(10-3-1)32-13-8-14-34(23-32)43(35-21-19-29-11-4-5-12-31(29)24-35)36-22-20-30-17-18-33-25-42-40(27-39(33)38(30)26-36)37-15-6-7-16-41(37)44-42/h1-27H.